The lowest BCUT2D eigenvalue weighted by molar-refractivity contribution is 0.412. The van der Waals surface area contributed by atoms with E-state index in [1.807, 2.05) is 50.4 Å². The van der Waals surface area contributed by atoms with Crippen LogP contribution in [0.25, 0.3) is 10.9 Å². The lowest BCUT2D eigenvalue weighted by Gasteiger charge is -2.30. The van der Waals surface area contributed by atoms with Crippen LogP contribution in [0.15, 0.2) is 53.6 Å². The summed E-state index contributed by atoms with van der Waals surface area (Å²) in [6.45, 7) is 7.94. The average molecular weight is 395 g/mol. The van der Waals surface area contributed by atoms with Gasteiger partial charge in [-0.2, -0.15) is 5.26 Å². The van der Waals surface area contributed by atoms with Crippen molar-refractivity contribution in [3.05, 3.63) is 54.2 Å². The van der Waals surface area contributed by atoms with Gasteiger partial charge in [0.05, 0.1) is 29.9 Å². The zero-order valence-electron chi connectivity index (χ0n) is 16.6. The Labute approximate surface area is 171 Å². The normalized spacial score (nSPS) is 13.6. The number of ether oxygens (including phenoxy) is 1. The number of hydrogen-bond donors (Lipinski definition) is 1. The fourth-order valence-corrected chi connectivity index (χ4v) is 4.17. The Kier molecular flexibility index (Phi) is 6.85. The van der Waals surface area contributed by atoms with Gasteiger partial charge in [0.1, 0.15) is 5.75 Å². The van der Waals surface area contributed by atoms with Gasteiger partial charge in [0.15, 0.2) is 0 Å². The van der Waals surface area contributed by atoms with Crippen molar-refractivity contribution in [3.63, 3.8) is 0 Å². The Morgan fingerprint density at radius 3 is 2.57 bits per heavy atom. The van der Waals surface area contributed by atoms with E-state index in [1.165, 1.54) is 0 Å². The number of piperazine rings is 1. The molecule has 3 aromatic rings. The van der Waals surface area contributed by atoms with Crippen LogP contribution in [0.2, 0.25) is 0 Å². The van der Waals surface area contributed by atoms with Crippen LogP contribution in [0.4, 0.5) is 5.69 Å². The van der Waals surface area contributed by atoms with Crippen molar-refractivity contribution in [2.45, 2.75) is 18.7 Å². The monoisotopic (exact) mass is 394 g/mol. The predicted molar refractivity (Wildman–Crippen MR) is 117 cm³/mol. The lowest BCUT2D eigenvalue weighted by atomic mass is 10.2. The smallest absolute Gasteiger partial charge is 0.142 e. The maximum Gasteiger partial charge on any atom is 0.142 e. The fraction of sp³-hybridized carbons (Fsp3) is 0.318. The molecule has 2 aromatic carbocycles. The number of fused-ring (bicyclic) bond motifs is 1. The second kappa shape index (κ2) is 9.54. The number of rotatable bonds is 4. The Bertz CT molecular complexity index is 970. The average Bonchev–Trinajstić information content (AvgIpc) is 3.17. The fourth-order valence-electron chi connectivity index (χ4n) is 3.26. The summed E-state index contributed by atoms with van der Waals surface area (Å²) < 4.78 is 7.71. The number of nitriles is 1. The molecule has 146 valence electrons. The first-order valence-corrected chi connectivity index (χ1v) is 10.4. The Morgan fingerprint density at radius 1 is 1.07 bits per heavy atom. The summed E-state index contributed by atoms with van der Waals surface area (Å²) in [5, 5.41) is 13.5. The Morgan fingerprint density at radius 2 is 1.86 bits per heavy atom. The van der Waals surface area contributed by atoms with Gasteiger partial charge in [-0.05, 0) is 54.4 Å². The Balaban J connectivity index is 0.00000109. The second-order valence-corrected chi connectivity index (χ2v) is 7.24. The van der Waals surface area contributed by atoms with Crippen molar-refractivity contribution in [2.75, 3.05) is 38.2 Å². The van der Waals surface area contributed by atoms with Gasteiger partial charge >= 0.3 is 0 Å². The third kappa shape index (κ3) is 4.27. The van der Waals surface area contributed by atoms with Crippen molar-refractivity contribution in [2.24, 2.45) is 0 Å². The quantitative estimate of drug-likeness (QED) is 0.705. The van der Waals surface area contributed by atoms with Gasteiger partial charge in [-0.3, -0.25) is 3.97 Å². The summed E-state index contributed by atoms with van der Waals surface area (Å²) in [7, 11) is 1.72. The number of methoxy groups -OCH3 is 1. The van der Waals surface area contributed by atoms with Crippen molar-refractivity contribution in [3.8, 4) is 11.8 Å². The van der Waals surface area contributed by atoms with Gasteiger partial charge in [-0.15, -0.1) is 0 Å². The van der Waals surface area contributed by atoms with Gasteiger partial charge in [0, 0.05) is 42.7 Å². The minimum Gasteiger partial charge on any atom is -0.495 e. The van der Waals surface area contributed by atoms with Crippen LogP contribution in [0.1, 0.15) is 19.4 Å². The molecule has 28 heavy (non-hydrogen) atoms. The van der Waals surface area contributed by atoms with Crippen LogP contribution < -0.4 is 15.0 Å². The third-order valence-corrected chi connectivity index (χ3v) is 5.58. The minimum atomic E-state index is 0.686. The third-order valence-electron chi connectivity index (χ3n) is 4.60. The molecule has 0 bridgehead atoms. The van der Waals surface area contributed by atoms with E-state index in [0.29, 0.717) is 5.56 Å². The van der Waals surface area contributed by atoms with Gasteiger partial charge in [-0.25, -0.2) is 0 Å². The van der Waals surface area contributed by atoms with Gasteiger partial charge in [-0.1, -0.05) is 13.8 Å². The molecular formula is C22H26N4OS. The summed E-state index contributed by atoms with van der Waals surface area (Å²) in [6.07, 6.45) is 2.05. The van der Waals surface area contributed by atoms with E-state index in [9.17, 15) is 0 Å². The first-order chi connectivity index (χ1) is 13.8. The standard InChI is InChI=1S/C20H20N4OS.C2H6/c1-25-20-5-3-17(13-19(20)23-10-7-22-8-11-23)26-24-9-6-16-12-15(14-21)2-4-18(16)24;1-2/h2-6,9,12-13,22H,7-8,10-11H2,1H3;1-2H3. The molecule has 1 fully saturated rings. The molecule has 6 heteroatoms. The maximum absolute atomic E-state index is 9.06. The summed E-state index contributed by atoms with van der Waals surface area (Å²) in [6, 6.07) is 16.4. The molecule has 4 rings (SSSR count). The Hall–Kier alpha value is -2.62. The lowest BCUT2D eigenvalue weighted by Crippen LogP contribution is -2.43. The van der Waals surface area contributed by atoms with E-state index in [1.54, 1.807) is 19.1 Å². The van der Waals surface area contributed by atoms with Crippen LogP contribution in [0.3, 0.4) is 0 Å². The topological polar surface area (TPSA) is 53.2 Å². The highest BCUT2D eigenvalue weighted by atomic mass is 32.2. The summed E-state index contributed by atoms with van der Waals surface area (Å²) >= 11 is 1.67. The van der Waals surface area contributed by atoms with Crippen molar-refractivity contribution < 1.29 is 4.74 Å². The highest BCUT2D eigenvalue weighted by molar-refractivity contribution is 7.98. The minimum absolute atomic E-state index is 0.686. The van der Waals surface area contributed by atoms with Crippen LogP contribution in [0.5, 0.6) is 5.75 Å². The molecule has 1 aliphatic heterocycles. The van der Waals surface area contributed by atoms with E-state index >= 15 is 0 Å². The number of aromatic nitrogens is 1. The van der Waals surface area contributed by atoms with Crippen molar-refractivity contribution in [1.82, 2.24) is 9.29 Å². The van der Waals surface area contributed by atoms with Crippen molar-refractivity contribution >= 4 is 28.5 Å². The summed E-state index contributed by atoms with van der Waals surface area (Å²) in [5.74, 6) is 0.910. The first-order valence-electron chi connectivity index (χ1n) is 9.62. The van der Waals surface area contributed by atoms with Gasteiger partial charge < -0.3 is 15.0 Å². The number of nitrogens with one attached hydrogen (secondary N) is 1. The molecule has 0 aliphatic carbocycles. The molecule has 2 heterocycles. The highest BCUT2D eigenvalue weighted by Gasteiger charge is 2.16. The van der Waals surface area contributed by atoms with Crippen molar-refractivity contribution in [1.29, 1.82) is 5.26 Å². The number of anilines is 1. The van der Waals surface area contributed by atoms with Gasteiger partial charge in [0.2, 0.25) is 0 Å². The molecule has 0 spiro atoms. The highest BCUT2D eigenvalue weighted by Crippen LogP contribution is 2.35. The summed E-state index contributed by atoms with van der Waals surface area (Å²) in [5.41, 5.74) is 2.93. The molecule has 0 saturated carbocycles. The molecule has 0 radical (unpaired) electrons. The number of benzene rings is 2. The molecule has 5 nitrogen and oxygen atoms in total. The number of nitrogens with zero attached hydrogens (tertiary/aromatic N) is 3. The van der Waals surface area contributed by atoms with E-state index < -0.39 is 0 Å². The molecule has 1 saturated heterocycles. The van der Waals surface area contributed by atoms with Crippen LogP contribution in [-0.2, 0) is 0 Å². The summed E-state index contributed by atoms with van der Waals surface area (Å²) in [4.78, 5) is 3.52. The zero-order chi connectivity index (χ0) is 19.9. The molecule has 0 unspecified atom stereocenters. The van der Waals surface area contributed by atoms with E-state index in [2.05, 4.69) is 32.4 Å². The molecule has 0 amide bonds. The van der Waals surface area contributed by atoms with E-state index in [-0.39, 0.29) is 0 Å². The van der Waals surface area contributed by atoms with Crippen LogP contribution >= 0.6 is 11.9 Å². The van der Waals surface area contributed by atoms with Crippen LogP contribution in [0, 0.1) is 11.3 Å². The predicted octanol–water partition coefficient (Wildman–Crippen LogP) is 4.51. The van der Waals surface area contributed by atoms with E-state index in [0.717, 1.165) is 53.4 Å². The molecule has 1 aromatic heterocycles. The zero-order valence-corrected chi connectivity index (χ0v) is 17.4. The molecule has 1 N–H and O–H groups in total. The van der Waals surface area contributed by atoms with Gasteiger partial charge in [0.25, 0.3) is 0 Å². The van der Waals surface area contributed by atoms with Crippen LogP contribution in [-0.4, -0.2) is 37.3 Å². The largest absolute Gasteiger partial charge is 0.495 e. The number of hydrogen-bond acceptors (Lipinski definition) is 5. The SMILES string of the molecule is CC.COc1ccc(Sn2ccc3cc(C#N)ccc32)cc1N1CCNCC1. The van der Waals surface area contributed by atoms with E-state index in [4.69, 9.17) is 10.00 Å². The molecular weight excluding hydrogens is 368 g/mol. The second-order valence-electron chi connectivity index (χ2n) is 6.19. The molecule has 0 atom stereocenters. The molecule has 1 aliphatic rings. The first kappa shape index (κ1) is 20.1. The maximum atomic E-state index is 9.06.